The molecule has 0 bridgehead atoms. The van der Waals surface area contributed by atoms with Crippen molar-refractivity contribution in [3.8, 4) is 0 Å². The standard InChI is InChI=1S/C19H18FN3O2S/c20-15-3-2-14-9-17(26-16(14)10-15)19(24)22-12-13-1-4-18(21-11-13)23-5-7-25-8-6-23/h1-4,9-11H,5-8,12H2,(H,22,24). The van der Waals surface area contributed by atoms with E-state index in [1.54, 1.807) is 18.3 Å². The van der Waals surface area contributed by atoms with Crippen LogP contribution in [-0.4, -0.2) is 37.2 Å². The second-order valence-electron chi connectivity index (χ2n) is 6.10. The van der Waals surface area contributed by atoms with E-state index in [1.165, 1.54) is 23.5 Å². The Morgan fingerprint density at radius 3 is 2.85 bits per heavy atom. The minimum Gasteiger partial charge on any atom is -0.378 e. The molecule has 1 fully saturated rings. The molecule has 4 rings (SSSR count). The van der Waals surface area contributed by atoms with E-state index in [-0.39, 0.29) is 11.7 Å². The third-order valence-electron chi connectivity index (χ3n) is 4.30. The zero-order valence-corrected chi connectivity index (χ0v) is 14.9. The van der Waals surface area contributed by atoms with Gasteiger partial charge in [-0.25, -0.2) is 9.37 Å². The summed E-state index contributed by atoms with van der Waals surface area (Å²) in [6.07, 6.45) is 1.78. The fraction of sp³-hybridized carbons (Fsp3) is 0.263. The highest BCUT2D eigenvalue weighted by Gasteiger charge is 2.13. The average Bonchev–Trinajstić information content (AvgIpc) is 3.10. The molecule has 0 atom stereocenters. The molecule has 0 aliphatic carbocycles. The molecule has 5 nitrogen and oxygen atoms in total. The van der Waals surface area contributed by atoms with Crippen LogP contribution in [0.25, 0.3) is 10.1 Å². The van der Waals surface area contributed by atoms with Crippen molar-refractivity contribution in [2.45, 2.75) is 6.54 Å². The molecule has 134 valence electrons. The van der Waals surface area contributed by atoms with Crippen LogP contribution >= 0.6 is 11.3 Å². The highest BCUT2D eigenvalue weighted by Crippen LogP contribution is 2.26. The number of benzene rings is 1. The molecule has 0 unspecified atom stereocenters. The molecule has 0 saturated carbocycles. The summed E-state index contributed by atoms with van der Waals surface area (Å²) in [5.74, 6) is 0.469. The number of carbonyl (C=O) groups excluding carboxylic acids is 1. The van der Waals surface area contributed by atoms with Gasteiger partial charge >= 0.3 is 0 Å². The van der Waals surface area contributed by atoms with Crippen LogP contribution in [0.2, 0.25) is 0 Å². The molecule has 0 radical (unpaired) electrons. The molecule has 3 aromatic rings. The Kier molecular flexibility index (Phi) is 4.81. The minimum atomic E-state index is -0.294. The van der Waals surface area contributed by atoms with E-state index >= 15 is 0 Å². The number of amides is 1. The van der Waals surface area contributed by atoms with E-state index in [9.17, 15) is 9.18 Å². The first-order chi connectivity index (χ1) is 12.7. The second-order valence-corrected chi connectivity index (χ2v) is 7.18. The predicted molar refractivity (Wildman–Crippen MR) is 100 cm³/mol. The van der Waals surface area contributed by atoms with Crippen molar-refractivity contribution in [3.63, 3.8) is 0 Å². The van der Waals surface area contributed by atoms with Gasteiger partial charge in [0.25, 0.3) is 5.91 Å². The largest absolute Gasteiger partial charge is 0.378 e. The lowest BCUT2D eigenvalue weighted by Crippen LogP contribution is -2.36. The molecule has 1 amide bonds. The van der Waals surface area contributed by atoms with Crippen molar-refractivity contribution >= 4 is 33.1 Å². The molecule has 1 N–H and O–H groups in total. The van der Waals surface area contributed by atoms with E-state index in [1.807, 2.05) is 12.1 Å². The maximum absolute atomic E-state index is 13.3. The number of pyridine rings is 1. The number of halogens is 1. The summed E-state index contributed by atoms with van der Waals surface area (Å²) >= 11 is 1.29. The molecule has 1 saturated heterocycles. The fourth-order valence-electron chi connectivity index (χ4n) is 2.89. The SMILES string of the molecule is O=C(NCc1ccc(N2CCOCC2)nc1)c1cc2ccc(F)cc2s1. The summed E-state index contributed by atoms with van der Waals surface area (Å²) in [6, 6.07) is 10.3. The zero-order valence-electron chi connectivity index (χ0n) is 14.1. The summed E-state index contributed by atoms with van der Waals surface area (Å²) in [5.41, 5.74) is 0.933. The fourth-order valence-corrected chi connectivity index (χ4v) is 3.89. The number of fused-ring (bicyclic) bond motifs is 1. The summed E-state index contributed by atoms with van der Waals surface area (Å²) in [5, 5.41) is 3.77. The highest BCUT2D eigenvalue weighted by atomic mass is 32.1. The van der Waals surface area contributed by atoms with E-state index in [2.05, 4.69) is 15.2 Å². The predicted octanol–water partition coefficient (Wildman–Crippen LogP) is 3.20. The smallest absolute Gasteiger partial charge is 0.261 e. The van der Waals surface area contributed by atoms with Crippen LogP contribution in [0.1, 0.15) is 15.2 Å². The van der Waals surface area contributed by atoms with Crippen LogP contribution in [0.3, 0.4) is 0 Å². The van der Waals surface area contributed by atoms with Gasteiger partial charge in [0.05, 0.1) is 18.1 Å². The van der Waals surface area contributed by atoms with Crippen molar-refractivity contribution in [1.82, 2.24) is 10.3 Å². The Morgan fingerprint density at radius 2 is 2.08 bits per heavy atom. The normalized spacial score (nSPS) is 14.6. The van der Waals surface area contributed by atoms with Crippen molar-refractivity contribution in [2.75, 3.05) is 31.2 Å². The molecule has 7 heteroatoms. The summed E-state index contributed by atoms with van der Waals surface area (Å²) in [4.78, 5) is 19.6. The van der Waals surface area contributed by atoms with Gasteiger partial charge in [-0.1, -0.05) is 12.1 Å². The molecular formula is C19H18FN3O2S. The number of morpholine rings is 1. The van der Waals surface area contributed by atoms with Gasteiger partial charge in [-0.3, -0.25) is 4.79 Å². The van der Waals surface area contributed by atoms with Crippen molar-refractivity contribution < 1.29 is 13.9 Å². The number of aromatic nitrogens is 1. The van der Waals surface area contributed by atoms with Gasteiger partial charge in [-0.05, 0) is 35.2 Å². The Hall–Kier alpha value is -2.51. The second kappa shape index (κ2) is 7.39. The maximum Gasteiger partial charge on any atom is 0.261 e. The molecular weight excluding hydrogens is 353 g/mol. The van der Waals surface area contributed by atoms with Gasteiger partial charge in [0.15, 0.2) is 0 Å². The summed E-state index contributed by atoms with van der Waals surface area (Å²) in [7, 11) is 0. The molecule has 1 aromatic carbocycles. The number of nitrogens with one attached hydrogen (secondary N) is 1. The number of rotatable bonds is 4. The van der Waals surface area contributed by atoms with E-state index < -0.39 is 0 Å². The van der Waals surface area contributed by atoms with Crippen LogP contribution in [-0.2, 0) is 11.3 Å². The summed E-state index contributed by atoms with van der Waals surface area (Å²) in [6.45, 7) is 3.53. The Bertz CT molecular complexity index is 920. The molecule has 1 aliphatic rings. The van der Waals surface area contributed by atoms with Crippen LogP contribution < -0.4 is 10.2 Å². The lowest BCUT2D eigenvalue weighted by Gasteiger charge is -2.27. The van der Waals surface area contributed by atoms with E-state index in [4.69, 9.17) is 4.74 Å². The Labute approximate surface area is 154 Å². The van der Waals surface area contributed by atoms with Gasteiger partial charge < -0.3 is 15.0 Å². The lowest BCUT2D eigenvalue weighted by atomic mass is 10.2. The van der Waals surface area contributed by atoms with Gasteiger partial charge in [0.1, 0.15) is 11.6 Å². The number of ether oxygens (including phenoxy) is 1. The molecule has 26 heavy (non-hydrogen) atoms. The van der Waals surface area contributed by atoms with Crippen molar-refractivity contribution in [1.29, 1.82) is 0 Å². The van der Waals surface area contributed by atoms with Gasteiger partial charge in [-0.2, -0.15) is 0 Å². The number of thiophene rings is 1. The third-order valence-corrected chi connectivity index (χ3v) is 5.40. The lowest BCUT2D eigenvalue weighted by molar-refractivity contribution is 0.0955. The topological polar surface area (TPSA) is 54.5 Å². The highest BCUT2D eigenvalue weighted by molar-refractivity contribution is 7.20. The average molecular weight is 371 g/mol. The Morgan fingerprint density at radius 1 is 1.23 bits per heavy atom. The van der Waals surface area contributed by atoms with Gasteiger partial charge in [-0.15, -0.1) is 11.3 Å². The monoisotopic (exact) mass is 371 g/mol. The summed E-state index contributed by atoms with van der Waals surface area (Å²) < 4.78 is 19.4. The molecule has 1 aliphatic heterocycles. The molecule has 2 aromatic heterocycles. The maximum atomic E-state index is 13.3. The first kappa shape index (κ1) is 16.9. The van der Waals surface area contributed by atoms with Gasteiger partial charge in [0.2, 0.25) is 0 Å². The number of carbonyl (C=O) groups is 1. The zero-order chi connectivity index (χ0) is 17.9. The number of hydrogen-bond acceptors (Lipinski definition) is 5. The minimum absolute atomic E-state index is 0.163. The van der Waals surface area contributed by atoms with Crippen LogP contribution in [0, 0.1) is 5.82 Å². The van der Waals surface area contributed by atoms with Crippen molar-refractivity contribution in [3.05, 3.63) is 58.9 Å². The molecule has 3 heterocycles. The number of anilines is 1. The molecule has 0 spiro atoms. The first-order valence-electron chi connectivity index (χ1n) is 8.44. The number of nitrogens with zero attached hydrogens (tertiary/aromatic N) is 2. The van der Waals surface area contributed by atoms with Gasteiger partial charge in [0, 0.05) is 30.5 Å². The van der Waals surface area contributed by atoms with Crippen molar-refractivity contribution in [2.24, 2.45) is 0 Å². The first-order valence-corrected chi connectivity index (χ1v) is 9.25. The Balaban J connectivity index is 1.38. The third kappa shape index (κ3) is 3.68. The van der Waals surface area contributed by atoms with E-state index in [0.29, 0.717) is 11.4 Å². The van der Waals surface area contributed by atoms with Crippen LogP contribution in [0.15, 0.2) is 42.6 Å². The van der Waals surface area contributed by atoms with Crippen LogP contribution in [0.4, 0.5) is 10.2 Å². The quantitative estimate of drug-likeness (QED) is 0.765. The van der Waals surface area contributed by atoms with Crippen LogP contribution in [0.5, 0.6) is 0 Å². The number of hydrogen-bond donors (Lipinski definition) is 1. The van der Waals surface area contributed by atoms with E-state index in [0.717, 1.165) is 47.8 Å².